The van der Waals surface area contributed by atoms with E-state index in [1.165, 1.54) is 0 Å². The fourth-order valence-corrected chi connectivity index (χ4v) is 1.96. The van der Waals surface area contributed by atoms with Crippen LogP contribution in [0.5, 0.6) is 0 Å². The highest BCUT2D eigenvalue weighted by atomic mass is 35.5. The fourth-order valence-electron chi connectivity index (χ4n) is 1.77. The number of nitrogens with zero attached hydrogens (tertiary/aromatic N) is 1. The lowest BCUT2D eigenvalue weighted by atomic mass is 10.0. The number of nitrogens with two attached hydrogens (primary N) is 1. The van der Waals surface area contributed by atoms with Crippen molar-refractivity contribution in [2.45, 2.75) is 19.9 Å². The van der Waals surface area contributed by atoms with Crippen molar-refractivity contribution >= 4 is 23.3 Å². The molecule has 0 radical (unpaired) electrons. The van der Waals surface area contributed by atoms with Gasteiger partial charge in [-0.1, -0.05) is 30.7 Å². The molecule has 0 fully saturated rings. The highest BCUT2D eigenvalue weighted by molar-refractivity contribution is 6.31. The van der Waals surface area contributed by atoms with E-state index in [-0.39, 0.29) is 12.3 Å². The maximum atomic E-state index is 12.2. The van der Waals surface area contributed by atoms with Crippen molar-refractivity contribution in [1.82, 2.24) is 4.90 Å². The lowest BCUT2D eigenvalue weighted by Gasteiger charge is -2.25. The molecule has 18 heavy (non-hydrogen) atoms. The summed E-state index contributed by atoms with van der Waals surface area (Å²) in [5.41, 5.74) is 5.70. The molecular formula is C13H17ClN2O2. The smallest absolute Gasteiger partial charge is 0.231 e. The molecule has 5 heteroatoms. The van der Waals surface area contributed by atoms with Crippen molar-refractivity contribution in [3.8, 4) is 0 Å². The number of likely N-dealkylation sites (N-methyl/N-ethyl adjacent to an activating group) is 1. The van der Waals surface area contributed by atoms with Crippen molar-refractivity contribution in [2.75, 3.05) is 13.1 Å². The van der Waals surface area contributed by atoms with Crippen molar-refractivity contribution in [3.05, 3.63) is 34.9 Å². The Morgan fingerprint density at radius 2 is 2.11 bits per heavy atom. The maximum Gasteiger partial charge on any atom is 0.231 e. The molecule has 0 saturated carbocycles. The first kappa shape index (κ1) is 14.7. The van der Waals surface area contributed by atoms with E-state index >= 15 is 0 Å². The summed E-state index contributed by atoms with van der Waals surface area (Å²) in [6, 6.07) is 6.37. The number of carbonyl (C=O) groups excluding carboxylic acids is 2. The van der Waals surface area contributed by atoms with Gasteiger partial charge in [-0.25, -0.2) is 0 Å². The summed E-state index contributed by atoms with van der Waals surface area (Å²) in [4.78, 5) is 24.9. The first-order valence-corrected chi connectivity index (χ1v) is 6.15. The van der Waals surface area contributed by atoms with Crippen LogP contribution in [-0.4, -0.2) is 35.7 Å². The minimum absolute atomic E-state index is 0.0689. The van der Waals surface area contributed by atoms with Gasteiger partial charge in [0.1, 0.15) is 0 Å². The molecule has 0 spiro atoms. The van der Waals surface area contributed by atoms with Gasteiger partial charge in [0.2, 0.25) is 5.91 Å². The predicted molar refractivity (Wildman–Crippen MR) is 71.7 cm³/mol. The number of hydrogen-bond acceptors (Lipinski definition) is 3. The Bertz CT molecular complexity index is 448. The van der Waals surface area contributed by atoms with Crippen molar-refractivity contribution < 1.29 is 9.59 Å². The van der Waals surface area contributed by atoms with Crippen LogP contribution in [0.4, 0.5) is 0 Å². The molecule has 0 saturated heterocycles. The summed E-state index contributed by atoms with van der Waals surface area (Å²) in [6.45, 7) is 4.29. The normalized spacial score (nSPS) is 12.4. The molecular weight excluding hydrogens is 252 g/mol. The summed E-state index contributed by atoms with van der Waals surface area (Å²) in [6.07, 6.45) is 0. The molecule has 1 aromatic rings. The number of amides is 1. The van der Waals surface area contributed by atoms with Crippen LogP contribution in [0, 0.1) is 0 Å². The van der Waals surface area contributed by atoms with Crippen molar-refractivity contribution in [1.29, 1.82) is 0 Å². The lowest BCUT2D eigenvalue weighted by Crippen LogP contribution is -2.43. The summed E-state index contributed by atoms with van der Waals surface area (Å²) in [5, 5.41) is 0.519. The van der Waals surface area contributed by atoms with Crippen molar-refractivity contribution in [2.24, 2.45) is 5.73 Å². The zero-order valence-corrected chi connectivity index (χ0v) is 11.3. The van der Waals surface area contributed by atoms with E-state index in [2.05, 4.69) is 0 Å². The van der Waals surface area contributed by atoms with Gasteiger partial charge in [-0.3, -0.25) is 14.5 Å². The Kier molecular flexibility index (Phi) is 5.31. The van der Waals surface area contributed by atoms with E-state index in [0.29, 0.717) is 17.1 Å². The Labute approximate surface area is 112 Å². The fraction of sp³-hybridized carbons (Fsp3) is 0.385. The van der Waals surface area contributed by atoms with E-state index in [1.807, 2.05) is 6.92 Å². The molecule has 4 nitrogen and oxygen atoms in total. The third-order valence-electron chi connectivity index (χ3n) is 2.80. The van der Waals surface area contributed by atoms with E-state index in [9.17, 15) is 9.59 Å². The van der Waals surface area contributed by atoms with E-state index in [1.54, 1.807) is 36.1 Å². The zero-order chi connectivity index (χ0) is 13.7. The average Bonchev–Trinajstić information content (AvgIpc) is 2.34. The predicted octanol–water partition coefficient (Wildman–Crippen LogP) is 1.72. The third-order valence-corrected chi connectivity index (χ3v) is 3.04. The summed E-state index contributed by atoms with van der Waals surface area (Å²) in [7, 11) is 0. The molecule has 0 aromatic heterocycles. The molecule has 0 aliphatic carbocycles. The van der Waals surface area contributed by atoms with Gasteiger partial charge in [0.05, 0.1) is 12.6 Å². The van der Waals surface area contributed by atoms with Crippen LogP contribution in [0.3, 0.4) is 0 Å². The number of Topliss-reactive ketones (excluding diaryl/α,β-unsaturated/α-hetero) is 1. The molecule has 1 unspecified atom stereocenters. The number of carbonyl (C=O) groups is 2. The Hall–Kier alpha value is -1.39. The summed E-state index contributed by atoms with van der Waals surface area (Å²) >= 11 is 5.85. The largest absolute Gasteiger partial charge is 0.369 e. The van der Waals surface area contributed by atoms with E-state index in [4.69, 9.17) is 17.3 Å². The zero-order valence-electron chi connectivity index (χ0n) is 10.5. The SMILES string of the molecule is CCN(CC(N)=O)C(C)C(=O)c1cccc(Cl)c1. The molecule has 0 aliphatic heterocycles. The molecule has 2 N–H and O–H groups in total. The highest BCUT2D eigenvalue weighted by Gasteiger charge is 2.22. The second-order valence-electron chi connectivity index (χ2n) is 4.08. The van der Waals surface area contributed by atoms with Crippen LogP contribution in [0.15, 0.2) is 24.3 Å². The minimum atomic E-state index is -0.442. The molecule has 0 heterocycles. The monoisotopic (exact) mass is 268 g/mol. The van der Waals surface area contributed by atoms with Gasteiger partial charge in [0.25, 0.3) is 0 Å². The Morgan fingerprint density at radius 1 is 1.44 bits per heavy atom. The van der Waals surface area contributed by atoms with Gasteiger partial charge in [-0.15, -0.1) is 0 Å². The molecule has 1 aromatic carbocycles. The number of ketones is 1. The maximum absolute atomic E-state index is 12.2. The molecule has 1 amide bonds. The standard InChI is InChI=1S/C13H17ClN2O2/c1-3-16(8-12(15)17)9(2)13(18)10-5-4-6-11(14)7-10/h4-7,9H,3,8H2,1-2H3,(H2,15,17). The first-order chi connectivity index (χ1) is 8.45. The van der Waals surface area contributed by atoms with Crippen LogP contribution < -0.4 is 5.73 Å². The lowest BCUT2D eigenvalue weighted by molar-refractivity contribution is -0.119. The van der Waals surface area contributed by atoms with Gasteiger partial charge < -0.3 is 5.73 Å². The van der Waals surface area contributed by atoms with Gasteiger partial charge in [0, 0.05) is 10.6 Å². The number of hydrogen-bond donors (Lipinski definition) is 1. The average molecular weight is 269 g/mol. The number of primary amides is 1. The van der Waals surface area contributed by atoms with Gasteiger partial charge in [-0.05, 0) is 25.6 Å². The van der Waals surface area contributed by atoms with Crippen LogP contribution in [0.1, 0.15) is 24.2 Å². The van der Waals surface area contributed by atoms with Gasteiger partial charge in [0.15, 0.2) is 5.78 Å². The van der Waals surface area contributed by atoms with Crippen LogP contribution in [0.2, 0.25) is 5.02 Å². The topological polar surface area (TPSA) is 63.4 Å². The minimum Gasteiger partial charge on any atom is -0.369 e. The molecule has 1 rings (SSSR count). The summed E-state index contributed by atoms with van der Waals surface area (Å²) in [5.74, 6) is -0.511. The second kappa shape index (κ2) is 6.52. The Morgan fingerprint density at radius 3 is 2.61 bits per heavy atom. The number of rotatable bonds is 6. The van der Waals surface area contributed by atoms with Crippen molar-refractivity contribution in [3.63, 3.8) is 0 Å². The van der Waals surface area contributed by atoms with Crippen LogP contribution in [0.25, 0.3) is 0 Å². The molecule has 1 atom stereocenters. The van der Waals surface area contributed by atoms with E-state index in [0.717, 1.165) is 0 Å². The van der Waals surface area contributed by atoms with E-state index < -0.39 is 11.9 Å². The van der Waals surface area contributed by atoms with Gasteiger partial charge in [-0.2, -0.15) is 0 Å². The second-order valence-corrected chi connectivity index (χ2v) is 4.52. The third kappa shape index (κ3) is 3.82. The molecule has 0 aliphatic rings. The number of benzene rings is 1. The van der Waals surface area contributed by atoms with Crippen LogP contribution in [-0.2, 0) is 4.79 Å². The molecule has 0 bridgehead atoms. The highest BCUT2D eigenvalue weighted by Crippen LogP contribution is 2.14. The van der Waals surface area contributed by atoms with Crippen LogP contribution >= 0.6 is 11.6 Å². The summed E-state index contributed by atoms with van der Waals surface area (Å²) < 4.78 is 0. The van der Waals surface area contributed by atoms with Gasteiger partial charge >= 0.3 is 0 Å². The number of halogens is 1. The molecule has 98 valence electrons. The quantitative estimate of drug-likeness (QED) is 0.799. The Balaban J connectivity index is 2.85. The first-order valence-electron chi connectivity index (χ1n) is 5.77.